The normalized spacial score (nSPS) is 12.1. The van der Waals surface area contributed by atoms with Gasteiger partial charge in [0.25, 0.3) is 10.0 Å². The largest absolute Gasteiger partial charge is 0.347 e. The van der Waals surface area contributed by atoms with E-state index in [-0.39, 0.29) is 22.2 Å². The van der Waals surface area contributed by atoms with Gasteiger partial charge in [-0.2, -0.15) is 0 Å². The molecule has 160 valence electrons. The number of nitrogens with one attached hydrogen (secondary N) is 2. The van der Waals surface area contributed by atoms with Gasteiger partial charge in [0.1, 0.15) is 6.54 Å². The molecule has 30 heavy (non-hydrogen) atoms. The summed E-state index contributed by atoms with van der Waals surface area (Å²) < 4.78 is 55.8. The summed E-state index contributed by atoms with van der Waals surface area (Å²) in [4.78, 5) is 13.1. The summed E-state index contributed by atoms with van der Waals surface area (Å²) >= 11 is 0. The van der Waals surface area contributed by atoms with Gasteiger partial charge in [-0.15, -0.1) is 0 Å². The zero-order chi connectivity index (χ0) is 22.1. The molecule has 0 saturated heterocycles. The molecule has 1 heterocycles. The molecule has 2 N–H and O–H groups in total. The zero-order valence-electron chi connectivity index (χ0n) is 16.7. The second-order valence-electron chi connectivity index (χ2n) is 6.79. The van der Waals surface area contributed by atoms with Crippen molar-refractivity contribution in [3.8, 4) is 0 Å². The lowest BCUT2D eigenvalue weighted by Crippen LogP contribution is -2.25. The standard InChI is InChI=1S/C19H22N4O5S2/c1-20-29(25,26)16-5-4-6-17(12-16)30(27,28)21-15-7-8-18-14(11-15)9-10-23(18)13-19(24)22(2)3/h4-12,20-21H,13H2,1-3H3. The van der Waals surface area contributed by atoms with Crippen molar-refractivity contribution in [1.82, 2.24) is 14.2 Å². The van der Waals surface area contributed by atoms with Crippen LogP contribution in [0.1, 0.15) is 0 Å². The Balaban J connectivity index is 1.89. The fraction of sp³-hybridized carbons (Fsp3) is 0.211. The number of likely N-dealkylation sites (N-methyl/N-ethyl adjacent to an activating group) is 1. The molecular weight excluding hydrogens is 428 g/mol. The first-order valence-electron chi connectivity index (χ1n) is 8.89. The van der Waals surface area contributed by atoms with Gasteiger partial charge in [0.2, 0.25) is 15.9 Å². The fourth-order valence-corrected chi connectivity index (χ4v) is 4.77. The quantitative estimate of drug-likeness (QED) is 0.565. The van der Waals surface area contributed by atoms with E-state index in [1.165, 1.54) is 30.1 Å². The van der Waals surface area contributed by atoms with Crippen LogP contribution in [0.5, 0.6) is 0 Å². The molecule has 3 rings (SSSR count). The highest BCUT2D eigenvalue weighted by atomic mass is 32.2. The van der Waals surface area contributed by atoms with Gasteiger partial charge in [0, 0.05) is 36.9 Å². The summed E-state index contributed by atoms with van der Waals surface area (Å²) in [6.07, 6.45) is 1.76. The Morgan fingerprint density at radius 1 is 0.967 bits per heavy atom. The molecule has 9 nitrogen and oxygen atoms in total. The van der Waals surface area contributed by atoms with Crippen LogP contribution < -0.4 is 9.44 Å². The molecule has 0 saturated carbocycles. The number of benzene rings is 2. The summed E-state index contributed by atoms with van der Waals surface area (Å²) in [5.41, 5.74) is 1.11. The van der Waals surface area contributed by atoms with E-state index < -0.39 is 20.0 Å². The average molecular weight is 451 g/mol. The van der Waals surface area contributed by atoms with Crippen molar-refractivity contribution < 1.29 is 21.6 Å². The third kappa shape index (κ3) is 4.48. The van der Waals surface area contributed by atoms with Crippen molar-refractivity contribution in [2.24, 2.45) is 0 Å². The van der Waals surface area contributed by atoms with E-state index in [1.807, 2.05) is 0 Å². The number of rotatable bonds is 7. The van der Waals surface area contributed by atoms with E-state index in [0.29, 0.717) is 5.69 Å². The number of sulfonamides is 2. The van der Waals surface area contributed by atoms with Crippen molar-refractivity contribution in [2.45, 2.75) is 16.3 Å². The SMILES string of the molecule is CNS(=O)(=O)c1cccc(S(=O)(=O)Nc2ccc3c(ccn3CC(=O)N(C)C)c2)c1. The molecule has 3 aromatic rings. The molecule has 0 radical (unpaired) electrons. The van der Waals surface area contributed by atoms with Gasteiger partial charge < -0.3 is 9.47 Å². The van der Waals surface area contributed by atoms with E-state index in [4.69, 9.17) is 0 Å². The number of hydrogen-bond acceptors (Lipinski definition) is 5. The van der Waals surface area contributed by atoms with Gasteiger partial charge in [0.15, 0.2) is 0 Å². The first-order valence-corrected chi connectivity index (χ1v) is 11.9. The Morgan fingerprint density at radius 3 is 2.27 bits per heavy atom. The van der Waals surface area contributed by atoms with Crippen molar-refractivity contribution in [1.29, 1.82) is 0 Å². The maximum Gasteiger partial charge on any atom is 0.261 e. The van der Waals surface area contributed by atoms with Crippen LogP contribution in [-0.4, -0.2) is 53.4 Å². The van der Waals surface area contributed by atoms with Crippen molar-refractivity contribution in [3.05, 3.63) is 54.7 Å². The Bertz CT molecular complexity index is 1310. The minimum atomic E-state index is -4.01. The molecule has 11 heteroatoms. The molecule has 1 aromatic heterocycles. The zero-order valence-corrected chi connectivity index (χ0v) is 18.3. The van der Waals surface area contributed by atoms with E-state index >= 15 is 0 Å². The summed E-state index contributed by atoms with van der Waals surface area (Å²) in [5, 5.41) is 0.758. The number of amides is 1. The summed E-state index contributed by atoms with van der Waals surface area (Å²) in [6.45, 7) is 0.175. The van der Waals surface area contributed by atoms with Crippen LogP contribution in [0.25, 0.3) is 10.9 Å². The molecule has 0 aliphatic heterocycles. The van der Waals surface area contributed by atoms with Gasteiger partial charge in [0.05, 0.1) is 9.79 Å². The molecule has 1 amide bonds. The topological polar surface area (TPSA) is 118 Å². The maximum atomic E-state index is 12.7. The van der Waals surface area contributed by atoms with Crippen LogP contribution in [0.2, 0.25) is 0 Å². The highest BCUT2D eigenvalue weighted by molar-refractivity contribution is 7.93. The molecule has 0 aliphatic rings. The number of hydrogen-bond donors (Lipinski definition) is 2. The van der Waals surface area contributed by atoms with Gasteiger partial charge >= 0.3 is 0 Å². The lowest BCUT2D eigenvalue weighted by atomic mass is 10.2. The van der Waals surface area contributed by atoms with Crippen molar-refractivity contribution in [2.75, 3.05) is 25.9 Å². The molecule has 2 aromatic carbocycles. The number of anilines is 1. The average Bonchev–Trinajstić information content (AvgIpc) is 3.09. The first kappa shape index (κ1) is 21.8. The van der Waals surface area contributed by atoms with Crippen LogP contribution in [0.15, 0.2) is 64.5 Å². The molecular formula is C19H22N4O5S2. The highest BCUT2D eigenvalue weighted by Crippen LogP contribution is 2.24. The van der Waals surface area contributed by atoms with Gasteiger partial charge in [-0.05, 0) is 49.5 Å². The Morgan fingerprint density at radius 2 is 1.63 bits per heavy atom. The number of carbonyl (C=O) groups excluding carboxylic acids is 1. The number of fused-ring (bicyclic) bond motifs is 1. The van der Waals surface area contributed by atoms with Crippen LogP contribution in [0.4, 0.5) is 5.69 Å². The lowest BCUT2D eigenvalue weighted by Gasteiger charge is -2.12. The fourth-order valence-electron chi connectivity index (χ4n) is 2.83. The summed E-state index contributed by atoms with van der Waals surface area (Å²) in [5.74, 6) is -0.0614. The van der Waals surface area contributed by atoms with Crippen molar-refractivity contribution >= 4 is 42.5 Å². The minimum Gasteiger partial charge on any atom is -0.347 e. The van der Waals surface area contributed by atoms with E-state index in [9.17, 15) is 21.6 Å². The Kier molecular flexibility index (Phi) is 5.88. The molecule has 0 bridgehead atoms. The molecule has 0 atom stereocenters. The van der Waals surface area contributed by atoms with Crippen LogP contribution >= 0.6 is 0 Å². The van der Waals surface area contributed by atoms with E-state index in [2.05, 4.69) is 9.44 Å². The Hall–Kier alpha value is -2.89. The number of carbonyl (C=O) groups is 1. The lowest BCUT2D eigenvalue weighted by molar-refractivity contribution is -0.129. The Labute approximate surface area is 175 Å². The van der Waals surface area contributed by atoms with Crippen LogP contribution in [0, 0.1) is 0 Å². The van der Waals surface area contributed by atoms with Gasteiger partial charge in [-0.25, -0.2) is 21.6 Å². The third-order valence-corrected chi connectivity index (χ3v) is 7.31. The molecule has 0 aliphatic carbocycles. The van der Waals surface area contributed by atoms with Crippen LogP contribution in [0.3, 0.4) is 0 Å². The second kappa shape index (κ2) is 8.09. The third-order valence-electron chi connectivity index (χ3n) is 4.52. The monoisotopic (exact) mass is 450 g/mol. The van der Waals surface area contributed by atoms with Gasteiger partial charge in [-0.1, -0.05) is 6.07 Å². The van der Waals surface area contributed by atoms with Crippen LogP contribution in [-0.2, 0) is 31.4 Å². The highest BCUT2D eigenvalue weighted by Gasteiger charge is 2.19. The van der Waals surface area contributed by atoms with E-state index in [1.54, 1.807) is 49.1 Å². The smallest absolute Gasteiger partial charge is 0.261 e. The van der Waals surface area contributed by atoms with Crippen molar-refractivity contribution in [3.63, 3.8) is 0 Å². The van der Waals surface area contributed by atoms with Gasteiger partial charge in [-0.3, -0.25) is 9.52 Å². The predicted octanol–water partition coefficient (Wildman–Crippen LogP) is 1.44. The summed E-state index contributed by atoms with van der Waals surface area (Å²) in [7, 11) is -3.17. The maximum absolute atomic E-state index is 12.7. The summed E-state index contributed by atoms with van der Waals surface area (Å²) in [6, 6.07) is 11.8. The molecule has 0 unspecified atom stereocenters. The minimum absolute atomic E-state index is 0.0614. The first-order chi connectivity index (χ1) is 14.0. The molecule has 0 fully saturated rings. The second-order valence-corrected chi connectivity index (χ2v) is 10.4. The number of aromatic nitrogens is 1. The predicted molar refractivity (Wildman–Crippen MR) is 114 cm³/mol. The number of nitrogens with zero attached hydrogens (tertiary/aromatic N) is 2. The van der Waals surface area contributed by atoms with E-state index in [0.717, 1.165) is 17.0 Å². The molecule has 0 spiro atoms.